The number of benzene rings is 1. The van der Waals surface area contributed by atoms with E-state index in [1.807, 2.05) is 37.1 Å². The highest BCUT2D eigenvalue weighted by Crippen LogP contribution is 2.42. The highest BCUT2D eigenvalue weighted by molar-refractivity contribution is 6.17. The zero-order chi connectivity index (χ0) is 16.8. The Morgan fingerprint density at radius 3 is 2.39 bits per heavy atom. The van der Waals surface area contributed by atoms with Crippen LogP contribution in [0.25, 0.3) is 0 Å². The van der Waals surface area contributed by atoms with Crippen LogP contribution in [0, 0.1) is 13.8 Å². The predicted octanol–water partition coefficient (Wildman–Crippen LogP) is 1.82. The normalized spacial score (nSPS) is 24.7. The summed E-state index contributed by atoms with van der Waals surface area (Å²) in [6, 6.07) is 5.94. The van der Waals surface area contributed by atoms with E-state index in [0.29, 0.717) is 25.9 Å². The van der Waals surface area contributed by atoms with Crippen molar-refractivity contribution < 1.29 is 14.4 Å². The average molecular weight is 316 g/mol. The minimum Gasteiger partial charge on any atom is -0.332 e. The third kappa shape index (κ3) is 2.39. The monoisotopic (exact) mass is 316 g/mol. The van der Waals surface area contributed by atoms with Gasteiger partial charge in [-0.1, -0.05) is 23.8 Å². The zero-order valence-corrected chi connectivity index (χ0v) is 14.3. The van der Waals surface area contributed by atoms with E-state index in [1.165, 1.54) is 0 Å². The molecule has 1 aromatic rings. The van der Waals surface area contributed by atoms with Crippen LogP contribution in [0.5, 0.6) is 0 Å². The first-order valence-electron chi connectivity index (χ1n) is 8.09. The topological polar surface area (TPSA) is 49.9 Å². The summed E-state index contributed by atoms with van der Waals surface area (Å²) in [4.78, 5) is 33.0. The maximum atomic E-state index is 13.2. The number of carbonyl (C=O) groups excluding carboxylic acids is 2. The van der Waals surface area contributed by atoms with E-state index >= 15 is 0 Å². The molecule has 2 heterocycles. The van der Waals surface area contributed by atoms with Gasteiger partial charge in [0.1, 0.15) is 11.5 Å². The summed E-state index contributed by atoms with van der Waals surface area (Å²) in [5, 5.41) is 1.85. The first-order valence-corrected chi connectivity index (χ1v) is 8.09. The second-order valence-corrected chi connectivity index (χ2v) is 6.70. The lowest BCUT2D eigenvalue weighted by molar-refractivity contribution is -0.165. The largest absolute Gasteiger partial charge is 0.332 e. The maximum Gasteiger partial charge on any atom is 0.238 e. The van der Waals surface area contributed by atoms with Gasteiger partial charge in [-0.2, -0.15) is 5.06 Å². The SMILES string of the molecule is CON1CCC2(CC1)C(=O)C(c1ccc(C)cc1C)C(=O)N2C. The van der Waals surface area contributed by atoms with Crippen molar-refractivity contribution in [1.82, 2.24) is 9.96 Å². The van der Waals surface area contributed by atoms with Crippen LogP contribution in [0.3, 0.4) is 0 Å². The average Bonchev–Trinajstić information content (AvgIpc) is 2.71. The van der Waals surface area contributed by atoms with Gasteiger partial charge in [0.25, 0.3) is 0 Å². The van der Waals surface area contributed by atoms with Crippen LogP contribution in [0.1, 0.15) is 35.4 Å². The first-order chi connectivity index (χ1) is 10.9. The van der Waals surface area contributed by atoms with Crippen LogP contribution in [0.15, 0.2) is 18.2 Å². The van der Waals surface area contributed by atoms with E-state index in [4.69, 9.17) is 4.84 Å². The molecule has 2 aliphatic rings. The molecule has 0 radical (unpaired) electrons. The summed E-state index contributed by atoms with van der Waals surface area (Å²) in [5.74, 6) is -0.685. The van der Waals surface area contributed by atoms with Crippen LogP contribution in [-0.2, 0) is 14.4 Å². The van der Waals surface area contributed by atoms with Crippen molar-refractivity contribution in [3.8, 4) is 0 Å². The van der Waals surface area contributed by atoms with E-state index in [0.717, 1.165) is 16.7 Å². The number of Topliss-reactive ketones (excluding diaryl/α,β-unsaturated/α-hetero) is 1. The van der Waals surface area contributed by atoms with Crippen molar-refractivity contribution in [2.75, 3.05) is 27.2 Å². The van der Waals surface area contributed by atoms with E-state index in [1.54, 1.807) is 19.1 Å². The Bertz CT molecular complexity index is 648. The van der Waals surface area contributed by atoms with Gasteiger partial charge in [0, 0.05) is 20.1 Å². The van der Waals surface area contributed by atoms with Gasteiger partial charge in [0.15, 0.2) is 5.78 Å². The van der Waals surface area contributed by atoms with Crippen LogP contribution in [0.2, 0.25) is 0 Å². The Morgan fingerprint density at radius 1 is 1.17 bits per heavy atom. The maximum absolute atomic E-state index is 13.2. The van der Waals surface area contributed by atoms with E-state index in [9.17, 15) is 9.59 Å². The Kier molecular flexibility index (Phi) is 4.02. The molecular weight excluding hydrogens is 292 g/mol. The number of likely N-dealkylation sites (tertiary alicyclic amines) is 1. The van der Waals surface area contributed by atoms with Crippen molar-refractivity contribution in [3.63, 3.8) is 0 Å². The van der Waals surface area contributed by atoms with Gasteiger partial charge in [-0.05, 0) is 37.8 Å². The lowest BCUT2D eigenvalue weighted by Crippen LogP contribution is -2.54. The molecule has 2 saturated heterocycles. The molecule has 1 unspecified atom stereocenters. The minimum absolute atomic E-state index is 0.0488. The summed E-state index contributed by atoms with van der Waals surface area (Å²) in [6.45, 7) is 5.32. The van der Waals surface area contributed by atoms with Crippen molar-refractivity contribution in [3.05, 3.63) is 34.9 Å². The molecule has 1 atom stereocenters. The van der Waals surface area contributed by atoms with E-state index in [-0.39, 0.29) is 11.7 Å². The summed E-state index contributed by atoms with van der Waals surface area (Å²) in [6.07, 6.45) is 1.26. The first kappa shape index (κ1) is 16.1. The Balaban J connectivity index is 1.96. The fraction of sp³-hybridized carbons (Fsp3) is 0.556. The van der Waals surface area contributed by atoms with Crippen molar-refractivity contribution >= 4 is 11.7 Å². The zero-order valence-electron chi connectivity index (χ0n) is 14.3. The van der Waals surface area contributed by atoms with Gasteiger partial charge >= 0.3 is 0 Å². The molecular formula is C18H24N2O3. The lowest BCUT2D eigenvalue weighted by Gasteiger charge is -2.41. The van der Waals surface area contributed by atoms with Gasteiger partial charge in [0.2, 0.25) is 5.91 Å². The highest BCUT2D eigenvalue weighted by atomic mass is 16.7. The second-order valence-electron chi connectivity index (χ2n) is 6.70. The van der Waals surface area contributed by atoms with E-state index in [2.05, 4.69) is 0 Å². The second kappa shape index (κ2) is 5.73. The van der Waals surface area contributed by atoms with Crippen LogP contribution in [0.4, 0.5) is 0 Å². The molecule has 2 aliphatic heterocycles. The number of aryl methyl sites for hydroxylation is 2. The molecule has 0 aromatic heterocycles. The Morgan fingerprint density at radius 2 is 1.83 bits per heavy atom. The van der Waals surface area contributed by atoms with Gasteiger partial charge in [-0.25, -0.2) is 0 Å². The summed E-state index contributed by atoms with van der Waals surface area (Å²) in [7, 11) is 3.41. The fourth-order valence-corrected chi connectivity index (χ4v) is 3.99. The number of ketones is 1. The molecule has 5 heteroatoms. The van der Waals surface area contributed by atoms with Crippen molar-refractivity contribution in [2.45, 2.75) is 38.1 Å². The van der Waals surface area contributed by atoms with Gasteiger partial charge < -0.3 is 9.74 Å². The number of nitrogens with zero attached hydrogens (tertiary/aromatic N) is 2. The van der Waals surface area contributed by atoms with Gasteiger partial charge in [-0.15, -0.1) is 0 Å². The number of carbonyl (C=O) groups is 2. The molecule has 5 nitrogen and oxygen atoms in total. The number of rotatable bonds is 2. The molecule has 1 aromatic carbocycles. The summed E-state index contributed by atoms with van der Waals surface area (Å²) < 4.78 is 0. The number of amides is 1. The molecule has 1 spiro atoms. The molecule has 23 heavy (non-hydrogen) atoms. The Labute approximate surface area is 137 Å². The van der Waals surface area contributed by atoms with Gasteiger partial charge in [0.05, 0.1) is 7.11 Å². The molecule has 124 valence electrons. The third-order valence-electron chi connectivity index (χ3n) is 5.48. The number of piperidine rings is 1. The lowest BCUT2D eigenvalue weighted by atomic mass is 9.79. The summed E-state index contributed by atoms with van der Waals surface area (Å²) >= 11 is 0. The molecule has 0 saturated carbocycles. The van der Waals surface area contributed by atoms with Crippen LogP contribution >= 0.6 is 0 Å². The minimum atomic E-state index is -0.673. The van der Waals surface area contributed by atoms with E-state index < -0.39 is 11.5 Å². The number of hydroxylamine groups is 2. The quantitative estimate of drug-likeness (QED) is 0.781. The number of hydrogen-bond donors (Lipinski definition) is 0. The Hall–Kier alpha value is -1.72. The molecule has 1 amide bonds. The highest BCUT2D eigenvalue weighted by Gasteiger charge is 2.58. The van der Waals surface area contributed by atoms with Crippen LogP contribution < -0.4 is 0 Å². The van der Waals surface area contributed by atoms with Crippen molar-refractivity contribution in [2.24, 2.45) is 0 Å². The number of likely N-dealkylation sites (N-methyl/N-ethyl adjacent to an activating group) is 1. The predicted molar refractivity (Wildman–Crippen MR) is 87.0 cm³/mol. The third-order valence-corrected chi connectivity index (χ3v) is 5.48. The standard InChI is InChI=1S/C18H24N2O3/c1-12-5-6-14(13(2)11-12)15-16(21)18(19(3)17(15)22)7-9-20(23-4)10-8-18/h5-6,11,15H,7-10H2,1-4H3. The molecule has 0 aliphatic carbocycles. The number of hydrogen-bond acceptors (Lipinski definition) is 4. The smallest absolute Gasteiger partial charge is 0.238 e. The summed E-state index contributed by atoms with van der Waals surface area (Å²) in [5.41, 5.74) is 2.33. The van der Waals surface area contributed by atoms with Crippen LogP contribution in [-0.4, -0.2) is 54.4 Å². The molecule has 0 N–H and O–H groups in total. The molecule has 2 fully saturated rings. The molecule has 3 rings (SSSR count). The molecule has 0 bridgehead atoms. The fourth-order valence-electron chi connectivity index (χ4n) is 3.99. The van der Waals surface area contributed by atoms with Gasteiger partial charge in [-0.3, -0.25) is 9.59 Å². The van der Waals surface area contributed by atoms with Crippen molar-refractivity contribution in [1.29, 1.82) is 0 Å².